The van der Waals surface area contributed by atoms with Gasteiger partial charge in [0.1, 0.15) is 0 Å². The zero-order valence-corrected chi connectivity index (χ0v) is 15.9. The number of fused-ring (bicyclic) bond motifs is 1. The number of aromatic nitrogens is 1. The van der Waals surface area contributed by atoms with Crippen LogP contribution in [0.25, 0.3) is 0 Å². The van der Waals surface area contributed by atoms with E-state index in [4.69, 9.17) is 0 Å². The van der Waals surface area contributed by atoms with E-state index in [2.05, 4.69) is 4.57 Å². The van der Waals surface area contributed by atoms with Crippen LogP contribution in [0.3, 0.4) is 0 Å². The third-order valence-corrected chi connectivity index (χ3v) is 5.24. The van der Waals surface area contributed by atoms with Gasteiger partial charge < -0.3 is 9.47 Å². The molecule has 0 radical (unpaired) electrons. The van der Waals surface area contributed by atoms with Crippen molar-refractivity contribution in [3.63, 3.8) is 0 Å². The lowest BCUT2D eigenvalue weighted by molar-refractivity contribution is -0.385. The van der Waals surface area contributed by atoms with E-state index >= 15 is 0 Å². The number of rotatable bonds is 4. The van der Waals surface area contributed by atoms with Gasteiger partial charge in [-0.15, -0.1) is 0 Å². The molecular weight excluding hydrogens is 388 g/mol. The second-order valence-corrected chi connectivity index (χ2v) is 7.04. The van der Waals surface area contributed by atoms with Crippen molar-refractivity contribution in [2.24, 2.45) is 0 Å². The number of nitro groups is 2. The van der Waals surface area contributed by atoms with E-state index in [1.54, 1.807) is 23.1 Å². The minimum atomic E-state index is -0.530. The Bertz CT molecular complexity index is 1120. The van der Waals surface area contributed by atoms with Crippen molar-refractivity contribution < 1.29 is 14.6 Å². The van der Waals surface area contributed by atoms with Gasteiger partial charge in [0.25, 0.3) is 17.3 Å². The van der Waals surface area contributed by atoms with E-state index in [1.165, 1.54) is 30.3 Å². The lowest BCUT2D eigenvalue weighted by atomic mass is 10.00. The van der Waals surface area contributed by atoms with Gasteiger partial charge >= 0.3 is 0 Å². The Morgan fingerprint density at radius 3 is 2.33 bits per heavy atom. The van der Waals surface area contributed by atoms with Gasteiger partial charge in [0.2, 0.25) is 0 Å². The first kappa shape index (κ1) is 19.3. The Labute approximate surface area is 171 Å². The molecule has 2 heterocycles. The third kappa shape index (κ3) is 3.52. The number of amides is 1. The summed E-state index contributed by atoms with van der Waals surface area (Å²) in [4.78, 5) is 36.2. The molecule has 9 nitrogen and oxygen atoms in total. The van der Waals surface area contributed by atoms with Gasteiger partial charge in [0.15, 0.2) is 0 Å². The minimum Gasteiger partial charge on any atom is -0.349 e. The molecule has 4 rings (SSSR count). The van der Waals surface area contributed by atoms with E-state index in [0.29, 0.717) is 13.0 Å². The molecule has 1 atom stereocenters. The van der Waals surface area contributed by atoms with Crippen LogP contribution in [0.2, 0.25) is 0 Å². The van der Waals surface area contributed by atoms with Crippen LogP contribution in [0.15, 0.2) is 66.9 Å². The summed E-state index contributed by atoms with van der Waals surface area (Å²) >= 11 is 0. The van der Waals surface area contributed by atoms with Crippen molar-refractivity contribution >= 4 is 17.3 Å². The van der Waals surface area contributed by atoms with Gasteiger partial charge in [-0.1, -0.05) is 6.07 Å². The standard InChI is InChI=1S/C21H18N4O5/c26-21(16-4-1-5-18(14-16)25(29)30)23-13-3-12-22-11-2-6-19(22)20(23)15-7-9-17(10-8-15)24(27)28/h1-2,4-11,14,20H,3,12-13H2. The molecule has 0 N–H and O–H groups in total. The van der Waals surface area contributed by atoms with Crippen molar-refractivity contribution in [2.75, 3.05) is 6.54 Å². The van der Waals surface area contributed by atoms with Crippen LogP contribution in [0.5, 0.6) is 0 Å². The molecule has 1 aromatic heterocycles. The average molecular weight is 406 g/mol. The number of non-ortho nitro benzene ring substituents is 2. The molecule has 0 bridgehead atoms. The highest BCUT2D eigenvalue weighted by Gasteiger charge is 2.32. The third-order valence-electron chi connectivity index (χ3n) is 5.24. The number of aryl methyl sites for hydroxylation is 1. The summed E-state index contributed by atoms with van der Waals surface area (Å²) in [5.74, 6) is -0.322. The van der Waals surface area contributed by atoms with E-state index < -0.39 is 15.9 Å². The van der Waals surface area contributed by atoms with Crippen molar-refractivity contribution in [3.8, 4) is 0 Å². The molecule has 2 aromatic carbocycles. The summed E-state index contributed by atoms with van der Waals surface area (Å²) in [5, 5.41) is 22.2. The number of benzene rings is 2. The van der Waals surface area contributed by atoms with Gasteiger partial charge in [-0.2, -0.15) is 0 Å². The topological polar surface area (TPSA) is 112 Å². The van der Waals surface area contributed by atoms with Gasteiger partial charge in [-0.25, -0.2) is 0 Å². The molecule has 0 aliphatic carbocycles. The minimum absolute atomic E-state index is 0.0284. The summed E-state index contributed by atoms with van der Waals surface area (Å²) in [5.41, 5.74) is 1.68. The summed E-state index contributed by atoms with van der Waals surface area (Å²) in [6.07, 6.45) is 2.65. The normalized spacial score (nSPS) is 15.9. The van der Waals surface area contributed by atoms with Crippen LogP contribution >= 0.6 is 0 Å². The molecule has 1 unspecified atom stereocenters. The van der Waals surface area contributed by atoms with Crippen LogP contribution in [-0.4, -0.2) is 31.8 Å². The lowest BCUT2D eigenvalue weighted by Crippen LogP contribution is -2.35. The SMILES string of the molecule is O=C(c1cccc([N+](=O)[O-])c1)N1CCCn2cccc2C1c1ccc([N+](=O)[O-])cc1. The van der Waals surface area contributed by atoms with Crippen molar-refractivity contribution in [3.05, 3.63) is 104 Å². The molecule has 152 valence electrons. The first-order chi connectivity index (χ1) is 14.5. The van der Waals surface area contributed by atoms with Gasteiger partial charge in [0.05, 0.1) is 15.9 Å². The molecule has 1 aliphatic rings. The molecule has 1 amide bonds. The van der Waals surface area contributed by atoms with Crippen molar-refractivity contribution in [1.29, 1.82) is 0 Å². The Morgan fingerprint density at radius 2 is 1.63 bits per heavy atom. The largest absolute Gasteiger partial charge is 0.349 e. The van der Waals surface area contributed by atoms with Crippen LogP contribution in [0.1, 0.15) is 34.1 Å². The fourth-order valence-corrected chi connectivity index (χ4v) is 3.85. The maximum absolute atomic E-state index is 13.4. The molecule has 9 heteroatoms. The Kier molecular flexibility index (Phi) is 5.01. The highest BCUT2D eigenvalue weighted by molar-refractivity contribution is 5.95. The average Bonchev–Trinajstić information content (AvgIpc) is 3.13. The summed E-state index contributed by atoms with van der Waals surface area (Å²) < 4.78 is 2.06. The molecular formula is C21H18N4O5. The maximum atomic E-state index is 13.4. The molecule has 30 heavy (non-hydrogen) atoms. The fraction of sp³-hybridized carbons (Fsp3) is 0.190. The maximum Gasteiger partial charge on any atom is 0.270 e. The quantitative estimate of drug-likeness (QED) is 0.481. The lowest BCUT2D eigenvalue weighted by Gasteiger charge is -2.30. The van der Waals surface area contributed by atoms with Crippen molar-refractivity contribution in [1.82, 2.24) is 9.47 Å². The zero-order valence-electron chi connectivity index (χ0n) is 15.9. The number of nitro benzene ring substituents is 2. The smallest absolute Gasteiger partial charge is 0.270 e. The molecule has 1 aliphatic heterocycles. The Morgan fingerprint density at radius 1 is 0.900 bits per heavy atom. The fourth-order valence-electron chi connectivity index (χ4n) is 3.85. The summed E-state index contributed by atoms with van der Waals surface area (Å²) in [6.45, 7) is 1.18. The van der Waals surface area contributed by atoms with Crippen LogP contribution in [0.4, 0.5) is 11.4 Å². The molecule has 0 spiro atoms. The zero-order chi connectivity index (χ0) is 21.3. The van der Waals surface area contributed by atoms with Gasteiger partial charge in [-0.05, 0) is 42.3 Å². The predicted octanol–water partition coefficient (Wildman–Crippen LogP) is 3.94. The number of hydrogen-bond donors (Lipinski definition) is 0. The summed E-state index contributed by atoms with van der Waals surface area (Å²) in [7, 11) is 0. The number of nitrogens with zero attached hydrogens (tertiary/aromatic N) is 4. The predicted molar refractivity (Wildman–Crippen MR) is 108 cm³/mol. The van der Waals surface area contributed by atoms with Crippen LogP contribution in [0, 0.1) is 20.2 Å². The molecule has 0 saturated carbocycles. The first-order valence-corrected chi connectivity index (χ1v) is 9.40. The van der Waals surface area contributed by atoms with Crippen molar-refractivity contribution in [2.45, 2.75) is 19.0 Å². The Balaban J connectivity index is 1.78. The van der Waals surface area contributed by atoms with E-state index in [-0.39, 0.29) is 22.8 Å². The first-order valence-electron chi connectivity index (χ1n) is 9.40. The molecule has 3 aromatic rings. The second kappa shape index (κ2) is 7.78. The van der Waals surface area contributed by atoms with Crippen LogP contribution < -0.4 is 0 Å². The molecule has 0 saturated heterocycles. The number of carbonyl (C=O) groups is 1. The number of carbonyl (C=O) groups excluding carboxylic acids is 1. The van der Waals surface area contributed by atoms with Gasteiger partial charge in [0, 0.05) is 54.8 Å². The summed E-state index contributed by atoms with van der Waals surface area (Å²) in [6, 6.07) is 15.2. The van der Waals surface area contributed by atoms with E-state index in [9.17, 15) is 25.0 Å². The second-order valence-electron chi connectivity index (χ2n) is 7.04. The van der Waals surface area contributed by atoms with Gasteiger partial charge in [-0.3, -0.25) is 25.0 Å². The van der Waals surface area contributed by atoms with E-state index in [1.807, 2.05) is 18.3 Å². The highest BCUT2D eigenvalue weighted by Crippen LogP contribution is 2.34. The molecule has 0 fully saturated rings. The highest BCUT2D eigenvalue weighted by atomic mass is 16.6. The van der Waals surface area contributed by atoms with E-state index in [0.717, 1.165) is 17.8 Å². The Hall–Kier alpha value is -4.01. The number of hydrogen-bond acceptors (Lipinski definition) is 5. The van der Waals surface area contributed by atoms with Crippen LogP contribution in [-0.2, 0) is 6.54 Å². The monoisotopic (exact) mass is 406 g/mol.